The van der Waals surface area contributed by atoms with Gasteiger partial charge in [0.15, 0.2) is 0 Å². The van der Waals surface area contributed by atoms with Gasteiger partial charge in [-0.3, -0.25) is 4.90 Å². The summed E-state index contributed by atoms with van der Waals surface area (Å²) in [5.74, 6) is 0.827. The molecule has 2 aliphatic rings. The van der Waals surface area contributed by atoms with Crippen molar-refractivity contribution in [1.29, 1.82) is 0 Å². The Labute approximate surface area is 106 Å². The Morgan fingerprint density at radius 1 is 1.35 bits per heavy atom. The number of rotatable bonds is 4. The second-order valence-corrected chi connectivity index (χ2v) is 6.15. The van der Waals surface area contributed by atoms with Crippen LogP contribution in [0, 0.1) is 5.92 Å². The van der Waals surface area contributed by atoms with E-state index in [0.29, 0.717) is 6.10 Å². The standard InChI is InChI=1S/C14H28N2O/c1-12-6-7-14(9-12,11-15)16(2)10-13-5-3-4-8-17-13/h12-13H,3-11,15H2,1-2H3. The molecular formula is C14H28N2O. The second kappa shape index (κ2) is 5.68. The van der Waals surface area contributed by atoms with Crippen LogP contribution in [0.2, 0.25) is 0 Å². The highest BCUT2D eigenvalue weighted by Crippen LogP contribution is 2.37. The fourth-order valence-corrected chi connectivity index (χ4v) is 3.51. The molecule has 0 bridgehead atoms. The van der Waals surface area contributed by atoms with E-state index in [-0.39, 0.29) is 5.54 Å². The van der Waals surface area contributed by atoms with E-state index in [1.165, 1.54) is 38.5 Å². The SMILES string of the molecule is CC1CCC(CN)(N(C)CC2CCCCO2)C1. The van der Waals surface area contributed by atoms with Gasteiger partial charge in [0.25, 0.3) is 0 Å². The topological polar surface area (TPSA) is 38.5 Å². The average Bonchev–Trinajstić information content (AvgIpc) is 2.73. The predicted molar refractivity (Wildman–Crippen MR) is 71.0 cm³/mol. The van der Waals surface area contributed by atoms with E-state index >= 15 is 0 Å². The minimum atomic E-state index is 0.250. The lowest BCUT2D eigenvalue weighted by atomic mass is 9.93. The van der Waals surface area contributed by atoms with Crippen molar-refractivity contribution in [2.75, 3.05) is 26.7 Å². The number of hydrogen-bond donors (Lipinski definition) is 1. The van der Waals surface area contributed by atoms with Gasteiger partial charge in [-0.2, -0.15) is 0 Å². The van der Waals surface area contributed by atoms with Crippen LogP contribution in [0.1, 0.15) is 45.4 Å². The number of hydrogen-bond acceptors (Lipinski definition) is 3. The summed E-state index contributed by atoms with van der Waals surface area (Å²) in [6.45, 7) is 5.15. The maximum Gasteiger partial charge on any atom is 0.0702 e. The zero-order valence-electron chi connectivity index (χ0n) is 11.5. The molecule has 2 fully saturated rings. The van der Waals surface area contributed by atoms with E-state index in [1.54, 1.807) is 0 Å². The molecule has 2 rings (SSSR count). The normalized spacial score (nSPS) is 38.8. The van der Waals surface area contributed by atoms with Crippen molar-refractivity contribution in [3.8, 4) is 0 Å². The van der Waals surface area contributed by atoms with E-state index in [4.69, 9.17) is 10.5 Å². The van der Waals surface area contributed by atoms with Gasteiger partial charge in [0, 0.05) is 25.2 Å². The molecule has 0 aromatic rings. The highest BCUT2D eigenvalue weighted by Gasteiger charge is 2.40. The van der Waals surface area contributed by atoms with Crippen molar-refractivity contribution in [3.63, 3.8) is 0 Å². The Bertz CT molecular complexity index is 240. The van der Waals surface area contributed by atoms with Gasteiger partial charge in [-0.05, 0) is 51.5 Å². The molecule has 0 spiro atoms. The molecule has 1 heterocycles. The van der Waals surface area contributed by atoms with Gasteiger partial charge in [-0.15, -0.1) is 0 Å². The predicted octanol–water partition coefficient (Wildman–Crippen LogP) is 2.00. The van der Waals surface area contributed by atoms with Crippen molar-refractivity contribution < 1.29 is 4.74 Å². The molecular weight excluding hydrogens is 212 g/mol. The van der Waals surface area contributed by atoms with Gasteiger partial charge in [-0.25, -0.2) is 0 Å². The summed E-state index contributed by atoms with van der Waals surface area (Å²) < 4.78 is 5.84. The number of likely N-dealkylation sites (N-methyl/N-ethyl adjacent to an activating group) is 1. The maximum absolute atomic E-state index is 6.05. The molecule has 3 unspecified atom stereocenters. The molecule has 100 valence electrons. The Kier molecular flexibility index (Phi) is 4.45. The Morgan fingerprint density at radius 3 is 2.71 bits per heavy atom. The van der Waals surface area contributed by atoms with Gasteiger partial charge >= 0.3 is 0 Å². The van der Waals surface area contributed by atoms with Gasteiger partial charge in [0.2, 0.25) is 0 Å². The van der Waals surface area contributed by atoms with E-state index in [0.717, 1.165) is 25.6 Å². The summed E-state index contributed by atoms with van der Waals surface area (Å²) in [4.78, 5) is 2.49. The van der Waals surface area contributed by atoms with E-state index in [1.807, 2.05) is 0 Å². The molecule has 0 aromatic heterocycles. The second-order valence-electron chi connectivity index (χ2n) is 6.15. The van der Waals surface area contributed by atoms with Crippen LogP contribution >= 0.6 is 0 Å². The highest BCUT2D eigenvalue weighted by molar-refractivity contribution is 4.97. The van der Waals surface area contributed by atoms with Crippen LogP contribution in [-0.2, 0) is 4.74 Å². The fraction of sp³-hybridized carbons (Fsp3) is 1.00. The van der Waals surface area contributed by atoms with Crippen LogP contribution in [0.15, 0.2) is 0 Å². The van der Waals surface area contributed by atoms with Gasteiger partial charge < -0.3 is 10.5 Å². The first-order valence-electron chi connectivity index (χ1n) is 7.19. The van der Waals surface area contributed by atoms with Gasteiger partial charge in [0.1, 0.15) is 0 Å². The largest absolute Gasteiger partial charge is 0.377 e. The van der Waals surface area contributed by atoms with Crippen molar-refractivity contribution in [2.45, 2.75) is 57.1 Å². The first-order valence-corrected chi connectivity index (χ1v) is 7.19. The lowest BCUT2D eigenvalue weighted by molar-refractivity contribution is -0.0221. The highest BCUT2D eigenvalue weighted by atomic mass is 16.5. The van der Waals surface area contributed by atoms with Crippen LogP contribution in [0.3, 0.4) is 0 Å². The molecule has 1 saturated heterocycles. The molecule has 3 heteroatoms. The molecule has 0 amide bonds. The average molecular weight is 240 g/mol. The monoisotopic (exact) mass is 240 g/mol. The van der Waals surface area contributed by atoms with Crippen molar-refractivity contribution >= 4 is 0 Å². The van der Waals surface area contributed by atoms with E-state index < -0.39 is 0 Å². The molecule has 1 aliphatic carbocycles. The third-order valence-electron chi connectivity index (χ3n) is 4.77. The molecule has 1 saturated carbocycles. The van der Waals surface area contributed by atoms with Crippen LogP contribution < -0.4 is 5.73 Å². The number of ether oxygens (including phenoxy) is 1. The third-order valence-corrected chi connectivity index (χ3v) is 4.77. The van der Waals surface area contributed by atoms with Crippen LogP contribution in [0.25, 0.3) is 0 Å². The summed E-state index contributed by atoms with van der Waals surface area (Å²) in [6.07, 6.45) is 8.06. The summed E-state index contributed by atoms with van der Waals surface area (Å²) in [5.41, 5.74) is 6.30. The van der Waals surface area contributed by atoms with Crippen LogP contribution in [-0.4, -0.2) is 43.3 Å². The van der Waals surface area contributed by atoms with Crippen molar-refractivity contribution in [2.24, 2.45) is 11.7 Å². The zero-order chi connectivity index (χ0) is 12.3. The third kappa shape index (κ3) is 3.01. The zero-order valence-corrected chi connectivity index (χ0v) is 11.5. The van der Waals surface area contributed by atoms with Gasteiger partial charge in [-0.1, -0.05) is 6.92 Å². The van der Waals surface area contributed by atoms with Crippen molar-refractivity contribution in [3.05, 3.63) is 0 Å². The lowest BCUT2D eigenvalue weighted by Gasteiger charge is -2.40. The smallest absolute Gasteiger partial charge is 0.0702 e. The first kappa shape index (κ1) is 13.3. The molecule has 3 nitrogen and oxygen atoms in total. The quantitative estimate of drug-likeness (QED) is 0.817. The fourth-order valence-electron chi connectivity index (χ4n) is 3.51. The molecule has 0 radical (unpaired) electrons. The molecule has 17 heavy (non-hydrogen) atoms. The van der Waals surface area contributed by atoms with Crippen molar-refractivity contribution in [1.82, 2.24) is 4.90 Å². The summed E-state index contributed by atoms with van der Waals surface area (Å²) in [6, 6.07) is 0. The molecule has 3 atom stereocenters. The Hall–Kier alpha value is -0.120. The summed E-state index contributed by atoms with van der Waals surface area (Å²) >= 11 is 0. The van der Waals surface area contributed by atoms with Crippen LogP contribution in [0.4, 0.5) is 0 Å². The van der Waals surface area contributed by atoms with Gasteiger partial charge in [0.05, 0.1) is 6.10 Å². The molecule has 2 N–H and O–H groups in total. The Morgan fingerprint density at radius 2 is 2.18 bits per heavy atom. The number of nitrogens with two attached hydrogens (primary N) is 1. The van der Waals surface area contributed by atoms with E-state index in [2.05, 4.69) is 18.9 Å². The summed E-state index contributed by atoms with van der Waals surface area (Å²) in [7, 11) is 2.24. The minimum Gasteiger partial charge on any atom is -0.377 e. The first-order chi connectivity index (χ1) is 8.16. The molecule has 0 aromatic carbocycles. The summed E-state index contributed by atoms with van der Waals surface area (Å²) in [5, 5.41) is 0. The van der Waals surface area contributed by atoms with Crippen LogP contribution in [0.5, 0.6) is 0 Å². The lowest BCUT2D eigenvalue weighted by Crippen LogP contribution is -2.53. The number of nitrogens with zero attached hydrogens (tertiary/aromatic N) is 1. The Balaban J connectivity index is 1.90. The van der Waals surface area contributed by atoms with E-state index in [9.17, 15) is 0 Å². The minimum absolute atomic E-state index is 0.250. The maximum atomic E-state index is 6.05. The molecule has 1 aliphatic heterocycles.